The lowest BCUT2D eigenvalue weighted by Gasteiger charge is -2.14. The van der Waals surface area contributed by atoms with Crippen LogP contribution in [0.2, 0.25) is 0 Å². The second-order valence-electron chi connectivity index (χ2n) is 5.53. The molecule has 1 unspecified atom stereocenters. The summed E-state index contributed by atoms with van der Waals surface area (Å²) in [7, 11) is 0. The fourth-order valence-corrected chi connectivity index (χ4v) is 2.47. The molecule has 0 aliphatic carbocycles. The van der Waals surface area contributed by atoms with Crippen LogP contribution in [0.5, 0.6) is 5.75 Å². The molecule has 1 aromatic heterocycles. The zero-order chi connectivity index (χ0) is 14.9. The normalized spacial score (nSPS) is 12.5. The van der Waals surface area contributed by atoms with Crippen molar-refractivity contribution >= 4 is 10.9 Å². The van der Waals surface area contributed by atoms with E-state index >= 15 is 0 Å². The summed E-state index contributed by atoms with van der Waals surface area (Å²) in [5, 5.41) is 4.60. The largest absolute Gasteiger partial charge is 0.492 e. The van der Waals surface area contributed by atoms with Gasteiger partial charge in [0, 0.05) is 24.2 Å². The molecule has 3 heteroatoms. The van der Waals surface area contributed by atoms with E-state index in [0.717, 1.165) is 23.2 Å². The van der Waals surface area contributed by atoms with Crippen molar-refractivity contribution in [2.75, 3.05) is 13.2 Å². The van der Waals surface area contributed by atoms with Gasteiger partial charge in [0.05, 0.1) is 5.52 Å². The molecular formula is C18H26N2O. The number of fused-ring (bicyclic) bond motifs is 1. The second kappa shape index (κ2) is 8.63. The van der Waals surface area contributed by atoms with Gasteiger partial charge in [0.1, 0.15) is 12.4 Å². The minimum Gasteiger partial charge on any atom is -0.492 e. The molecular weight excluding hydrogens is 260 g/mol. The number of rotatable bonds is 9. The first kappa shape index (κ1) is 15.8. The summed E-state index contributed by atoms with van der Waals surface area (Å²) in [6, 6.07) is 10.6. The van der Waals surface area contributed by atoms with Crippen LogP contribution in [0.1, 0.15) is 39.5 Å². The van der Waals surface area contributed by atoms with E-state index in [1.54, 1.807) is 0 Å². The molecule has 0 aliphatic heterocycles. The van der Waals surface area contributed by atoms with Crippen molar-refractivity contribution in [2.45, 2.75) is 45.6 Å². The fourth-order valence-electron chi connectivity index (χ4n) is 2.47. The number of nitrogens with one attached hydrogen (secondary N) is 1. The Morgan fingerprint density at radius 3 is 2.95 bits per heavy atom. The lowest BCUT2D eigenvalue weighted by molar-refractivity contribution is 0.307. The van der Waals surface area contributed by atoms with Crippen molar-refractivity contribution in [3.05, 3.63) is 36.5 Å². The average molecular weight is 286 g/mol. The van der Waals surface area contributed by atoms with E-state index in [1.807, 2.05) is 30.5 Å². The van der Waals surface area contributed by atoms with Gasteiger partial charge in [0.25, 0.3) is 0 Å². The third-order valence-corrected chi connectivity index (χ3v) is 3.70. The first-order chi connectivity index (χ1) is 10.3. The van der Waals surface area contributed by atoms with Gasteiger partial charge < -0.3 is 10.1 Å². The van der Waals surface area contributed by atoms with Gasteiger partial charge in [-0.2, -0.15) is 0 Å². The van der Waals surface area contributed by atoms with Crippen LogP contribution in [0.25, 0.3) is 10.9 Å². The van der Waals surface area contributed by atoms with Crippen LogP contribution < -0.4 is 10.1 Å². The minimum absolute atomic E-state index is 0.564. The maximum atomic E-state index is 5.89. The standard InChI is InChI=1S/C18H26N2O/c1-3-4-5-8-15(2)19-13-14-21-18-11-6-10-17-16(18)9-7-12-20-17/h6-7,9-12,15,19H,3-5,8,13-14H2,1-2H3. The summed E-state index contributed by atoms with van der Waals surface area (Å²) in [4.78, 5) is 4.34. The summed E-state index contributed by atoms with van der Waals surface area (Å²) in [5.41, 5.74) is 0.982. The van der Waals surface area contributed by atoms with Crippen molar-refractivity contribution in [1.82, 2.24) is 10.3 Å². The molecule has 0 bridgehead atoms. The Bertz CT molecular complexity index is 536. The number of ether oxygens (including phenoxy) is 1. The molecule has 0 radical (unpaired) electrons. The van der Waals surface area contributed by atoms with Gasteiger partial charge in [-0.05, 0) is 37.6 Å². The molecule has 1 atom stereocenters. The summed E-state index contributed by atoms with van der Waals surface area (Å²) in [6.07, 6.45) is 6.97. The molecule has 114 valence electrons. The Labute approximate surface area is 127 Å². The number of aromatic nitrogens is 1. The molecule has 0 aliphatic rings. The third kappa shape index (κ3) is 5.01. The van der Waals surface area contributed by atoms with Crippen LogP contribution in [0.4, 0.5) is 0 Å². The summed E-state index contributed by atoms with van der Waals surface area (Å²) in [5.74, 6) is 0.918. The second-order valence-corrected chi connectivity index (χ2v) is 5.53. The zero-order valence-electron chi connectivity index (χ0n) is 13.1. The summed E-state index contributed by atoms with van der Waals surface area (Å²) >= 11 is 0. The van der Waals surface area contributed by atoms with E-state index < -0.39 is 0 Å². The molecule has 2 rings (SSSR count). The fraction of sp³-hybridized carbons (Fsp3) is 0.500. The third-order valence-electron chi connectivity index (χ3n) is 3.70. The van der Waals surface area contributed by atoms with Gasteiger partial charge in [-0.3, -0.25) is 4.98 Å². The predicted octanol–water partition coefficient (Wildman–Crippen LogP) is 4.17. The molecule has 2 aromatic rings. The Morgan fingerprint density at radius 1 is 1.19 bits per heavy atom. The lowest BCUT2D eigenvalue weighted by Crippen LogP contribution is -2.30. The molecule has 0 saturated carbocycles. The van der Waals surface area contributed by atoms with Crippen molar-refractivity contribution in [1.29, 1.82) is 0 Å². The Morgan fingerprint density at radius 2 is 2.10 bits per heavy atom. The van der Waals surface area contributed by atoms with Gasteiger partial charge in [-0.1, -0.05) is 32.3 Å². The number of hydrogen-bond acceptors (Lipinski definition) is 3. The Hall–Kier alpha value is -1.61. The van der Waals surface area contributed by atoms with E-state index in [2.05, 4.69) is 30.2 Å². The average Bonchev–Trinajstić information content (AvgIpc) is 2.52. The molecule has 0 amide bonds. The first-order valence-corrected chi connectivity index (χ1v) is 8.01. The molecule has 3 nitrogen and oxygen atoms in total. The number of hydrogen-bond donors (Lipinski definition) is 1. The van der Waals surface area contributed by atoms with Crippen molar-refractivity contribution < 1.29 is 4.74 Å². The van der Waals surface area contributed by atoms with Crippen molar-refractivity contribution in [3.63, 3.8) is 0 Å². The smallest absolute Gasteiger partial charge is 0.128 e. The number of unbranched alkanes of at least 4 members (excludes halogenated alkanes) is 2. The molecule has 1 N–H and O–H groups in total. The van der Waals surface area contributed by atoms with Crippen LogP contribution in [-0.2, 0) is 0 Å². The van der Waals surface area contributed by atoms with Gasteiger partial charge in [-0.15, -0.1) is 0 Å². The summed E-state index contributed by atoms with van der Waals surface area (Å²) < 4.78 is 5.89. The number of nitrogens with zero attached hydrogens (tertiary/aromatic N) is 1. The van der Waals surface area contributed by atoms with Gasteiger partial charge >= 0.3 is 0 Å². The molecule has 21 heavy (non-hydrogen) atoms. The van der Waals surface area contributed by atoms with Crippen LogP contribution in [0.3, 0.4) is 0 Å². The first-order valence-electron chi connectivity index (χ1n) is 8.01. The van der Waals surface area contributed by atoms with E-state index in [4.69, 9.17) is 4.74 Å². The van der Waals surface area contributed by atoms with Gasteiger partial charge in [0.15, 0.2) is 0 Å². The summed E-state index contributed by atoms with van der Waals surface area (Å²) in [6.45, 7) is 6.05. The zero-order valence-corrected chi connectivity index (χ0v) is 13.1. The predicted molar refractivity (Wildman–Crippen MR) is 88.8 cm³/mol. The minimum atomic E-state index is 0.564. The highest BCUT2D eigenvalue weighted by Crippen LogP contribution is 2.23. The lowest BCUT2D eigenvalue weighted by atomic mass is 10.1. The highest BCUT2D eigenvalue weighted by atomic mass is 16.5. The van der Waals surface area contributed by atoms with Gasteiger partial charge in [0.2, 0.25) is 0 Å². The maximum absolute atomic E-state index is 5.89. The molecule has 0 fully saturated rings. The van der Waals surface area contributed by atoms with Crippen LogP contribution in [0, 0.1) is 0 Å². The highest BCUT2D eigenvalue weighted by molar-refractivity contribution is 5.84. The molecule has 1 aromatic carbocycles. The number of benzene rings is 1. The Kier molecular flexibility index (Phi) is 6.48. The topological polar surface area (TPSA) is 34.1 Å². The molecule has 1 heterocycles. The van der Waals surface area contributed by atoms with Crippen molar-refractivity contribution in [3.8, 4) is 5.75 Å². The van der Waals surface area contributed by atoms with Gasteiger partial charge in [-0.25, -0.2) is 0 Å². The molecule has 0 saturated heterocycles. The SMILES string of the molecule is CCCCCC(C)NCCOc1cccc2ncccc12. The van der Waals surface area contributed by atoms with E-state index in [1.165, 1.54) is 25.7 Å². The van der Waals surface area contributed by atoms with E-state index in [-0.39, 0.29) is 0 Å². The maximum Gasteiger partial charge on any atom is 0.128 e. The quantitative estimate of drug-likeness (QED) is 0.702. The van der Waals surface area contributed by atoms with Crippen molar-refractivity contribution in [2.24, 2.45) is 0 Å². The van der Waals surface area contributed by atoms with Crippen LogP contribution in [-0.4, -0.2) is 24.2 Å². The van der Waals surface area contributed by atoms with Crippen LogP contribution in [0.15, 0.2) is 36.5 Å². The van der Waals surface area contributed by atoms with E-state index in [0.29, 0.717) is 12.6 Å². The number of pyridine rings is 1. The highest BCUT2D eigenvalue weighted by Gasteiger charge is 2.03. The van der Waals surface area contributed by atoms with E-state index in [9.17, 15) is 0 Å². The Balaban J connectivity index is 1.75. The van der Waals surface area contributed by atoms with Crippen LogP contribution >= 0.6 is 0 Å². The molecule has 0 spiro atoms. The monoisotopic (exact) mass is 286 g/mol.